The minimum Gasteiger partial charge on any atom is -0.383 e. The molecule has 0 amide bonds. The van der Waals surface area contributed by atoms with Crippen molar-refractivity contribution in [3.8, 4) is 0 Å². The molecule has 2 rings (SSSR count). The minimum absolute atomic E-state index is 0.245. The molecule has 0 saturated heterocycles. The van der Waals surface area contributed by atoms with E-state index in [-0.39, 0.29) is 6.04 Å². The maximum Gasteiger partial charge on any atom is 0.146 e. The van der Waals surface area contributed by atoms with Crippen LogP contribution in [0.15, 0.2) is 0 Å². The number of aryl methyl sites for hydroxylation is 2. The average Bonchev–Trinajstić information content (AvgIpc) is 2.63. The van der Waals surface area contributed by atoms with Crippen molar-refractivity contribution in [3.05, 3.63) is 17.1 Å². The Kier molecular flexibility index (Phi) is 4.52. The lowest BCUT2D eigenvalue weighted by atomic mass is 10.0. The maximum atomic E-state index is 6.12. The number of hydrogen-bond acceptors (Lipinski definition) is 4. The number of nitrogens with two attached hydrogens (primary N) is 1. The molecule has 5 nitrogen and oxygen atoms in total. The number of aromatic nitrogens is 3. The molecule has 0 saturated carbocycles. The summed E-state index contributed by atoms with van der Waals surface area (Å²) in [7, 11) is 0. The lowest BCUT2D eigenvalue weighted by Crippen LogP contribution is -2.22. The van der Waals surface area contributed by atoms with Crippen LogP contribution in [0.3, 0.4) is 0 Å². The highest BCUT2D eigenvalue weighted by atomic mass is 16.5. The summed E-state index contributed by atoms with van der Waals surface area (Å²) < 4.78 is 7.96. The van der Waals surface area contributed by atoms with Crippen LogP contribution in [0.2, 0.25) is 0 Å². The third kappa shape index (κ3) is 2.75. The molecule has 0 fully saturated rings. The Hall–Kier alpha value is -1.62. The van der Waals surface area contributed by atoms with Gasteiger partial charge in [0.05, 0.1) is 18.0 Å². The summed E-state index contributed by atoms with van der Waals surface area (Å²) in [6, 6.07) is 0.245. The number of fused-ring (bicyclic) bond motifs is 1. The second kappa shape index (κ2) is 6.02. The van der Waals surface area contributed by atoms with Gasteiger partial charge in [0.15, 0.2) is 0 Å². The van der Waals surface area contributed by atoms with Crippen LogP contribution >= 0.6 is 0 Å². The van der Waals surface area contributed by atoms with Crippen molar-refractivity contribution >= 4 is 16.9 Å². The standard InChI is InChI=1S/C16H26N4O/c1-7-21-8-13(9(2)3)20-11(5)10(4)14-15(17)18-12(6)19-16(14)20/h9,13H,7-8H2,1-6H3,(H2,17,18,19). The van der Waals surface area contributed by atoms with E-state index in [1.807, 2.05) is 13.8 Å². The first-order valence-corrected chi connectivity index (χ1v) is 7.57. The van der Waals surface area contributed by atoms with Gasteiger partial charge in [-0.3, -0.25) is 0 Å². The van der Waals surface area contributed by atoms with Crippen LogP contribution in [0.1, 0.15) is 43.9 Å². The number of ether oxygens (including phenoxy) is 1. The van der Waals surface area contributed by atoms with Crippen LogP contribution in [0.5, 0.6) is 0 Å². The Morgan fingerprint density at radius 1 is 1.19 bits per heavy atom. The predicted octanol–water partition coefficient (Wildman–Crippen LogP) is 3.17. The summed E-state index contributed by atoms with van der Waals surface area (Å²) in [4.78, 5) is 8.95. The normalized spacial score (nSPS) is 13.3. The maximum absolute atomic E-state index is 6.12. The molecule has 2 heterocycles. The summed E-state index contributed by atoms with van der Waals surface area (Å²) in [6.45, 7) is 13.9. The number of nitrogens with zero attached hydrogens (tertiary/aromatic N) is 3. The smallest absolute Gasteiger partial charge is 0.146 e. The fraction of sp³-hybridized carbons (Fsp3) is 0.625. The fourth-order valence-electron chi connectivity index (χ4n) is 2.84. The van der Waals surface area contributed by atoms with Gasteiger partial charge in [-0.25, -0.2) is 9.97 Å². The van der Waals surface area contributed by atoms with Crippen LogP contribution in [0.25, 0.3) is 11.0 Å². The highest BCUT2D eigenvalue weighted by Crippen LogP contribution is 2.33. The molecule has 21 heavy (non-hydrogen) atoms. The zero-order chi connectivity index (χ0) is 15.7. The van der Waals surface area contributed by atoms with Crippen molar-refractivity contribution in [2.24, 2.45) is 5.92 Å². The monoisotopic (exact) mass is 290 g/mol. The van der Waals surface area contributed by atoms with Gasteiger partial charge in [-0.05, 0) is 39.2 Å². The second-order valence-corrected chi connectivity index (χ2v) is 5.91. The topological polar surface area (TPSA) is 66.0 Å². The van der Waals surface area contributed by atoms with E-state index in [2.05, 4.69) is 42.2 Å². The molecule has 1 unspecified atom stereocenters. The molecule has 0 spiro atoms. The molecule has 0 radical (unpaired) electrons. The van der Waals surface area contributed by atoms with E-state index in [1.54, 1.807) is 0 Å². The van der Waals surface area contributed by atoms with Gasteiger partial charge in [-0.1, -0.05) is 13.8 Å². The highest BCUT2D eigenvalue weighted by molar-refractivity contribution is 5.91. The Morgan fingerprint density at radius 2 is 1.86 bits per heavy atom. The Morgan fingerprint density at radius 3 is 2.43 bits per heavy atom. The summed E-state index contributed by atoms with van der Waals surface area (Å²) >= 11 is 0. The first-order chi connectivity index (χ1) is 9.88. The zero-order valence-electron chi connectivity index (χ0n) is 13.9. The molecule has 2 N–H and O–H groups in total. The van der Waals surface area contributed by atoms with Gasteiger partial charge in [-0.15, -0.1) is 0 Å². The van der Waals surface area contributed by atoms with Crippen molar-refractivity contribution in [2.75, 3.05) is 18.9 Å². The van der Waals surface area contributed by atoms with E-state index in [9.17, 15) is 0 Å². The number of nitrogen functional groups attached to an aromatic ring is 1. The van der Waals surface area contributed by atoms with E-state index < -0.39 is 0 Å². The Labute approximate surface area is 126 Å². The van der Waals surface area contributed by atoms with Gasteiger partial charge in [0, 0.05) is 12.3 Å². The van der Waals surface area contributed by atoms with E-state index >= 15 is 0 Å². The summed E-state index contributed by atoms with van der Waals surface area (Å²) in [5, 5.41) is 0.972. The largest absolute Gasteiger partial charge is 0.383 e. The molecule has 2 aromatic rings. The molecule has 0 aliphatic rings. The summed E-state index contributed by atoms with van der Waals surface area (Å²) in [5.41, 5.74) is 9.39. The highest BCUT2D eigenvalue weighted by Gasteiger charge is 2.24. The number of rotatable bonds is 5. The Balaban J connectivity index is 2.69. The van der Waals surface area contributed by atoms with Crippen LogP contribution in [0.4, 0.5) is 5.82 Å². The van der Waals surface area contributed by atoms with Crippen LogP contribution < -0.4 is 5.73 Å². The molecule has 5 heteroatoms. The minimum atomic E-state index is 0.245. The van der Waals surface area contributed by atoms with Gasteiger partial charge in [0.25, 0.3) is 0 Å². The van der Waals surface area contributed by atoms with E-state index in [0.29, 0.717) is 24.2 Å². The number of anilines is 1. The molecule has 0 aliphatic carbocycles. The fourth-order valence-corrected chi connectivity index (χ4v) is 2.84. The first kappa shape index (κ1) is 15.8. The van der Waals surface area contributed by atoms with Gasteiger partial charge in [-0.2, -0.15) is 0 Å². The zero-order valence-corrected chi connectivity index (χ0v) is 13.9. The lowest BCUT2D eigenvalue weighted by molar-refractivity contribution is 0.0972. The van der Waals surface area contributed by atoms with Crippen LogP contribution in [-0.4, -0.2) is 27.7 Å². The SMILES string of the molecule is CCOCC(C(C)C)n1c(C)c(C)c2c(N)nc(C)nc21. The Bertz CT molecular complexity index is 645. The van der Waals surface area contributed by atoms with E-state index in [1.165, 1.54) is 5.69 Å². The van der Waals surface area contributed by atoms with Crippen molar-refractivity contribution < 1.29 is 4.74 Å². The van der Waals surface area contributed by atoms with Crippen molar-refractivity contribution in [3.63, 3.8) is 0 Å². The third-order valence-electron chi connectivity index (χ3n) is 4.13. The average molecular weight is 290 g/mol. The summed E-state index contributed by atoms with van der Waals surface area (Å²) in [6.07, 6.45) is 0. The molecular formula is C16H26N4O. The second-order valence-electron chi connectivity index (χ2n) is 5.91. The predicted molar refractivity (Wildman–Crippen MR) is 86.5 cm³/mol. The van der Waals surface area contributed by atoms with E-state index in [4.69, 9.17) is 10.5 Å². The van der Waals surface area contributed by atoms with E-state index in [0.717, 1.165) is 23.2 Å². The molecule has 116 valence electrons. The van der Waals surface area contributed by atoms with Gasteiger partial charge in [0.2, 0.25) is 0 Å². The third-order valence-corrected chi connectivity index (χ3v) is 4.13. The van der Waals surface area contributed by atoms with Crippen molar-refractivity contribution in [1.82, 2.24) is 14.5 Å². The number of hydrogen-bond donors (Lipinski definition) is 1. The van der Waals surface area contributed by atoms with Gasteiger partial charge < -0.3 is 15.0 Å². The molecule has 0 bridgehead atoms. The van der Waals surface area contributed by atoms with Gasteiger partial charge in [0.1, 0.15) is 17.3 Å². The van der Waals surface area contributed by atoms with Gasteiger partial charge >= 0.3 is 0 Å². The van der Waals surface area contributed by atoms with Crippen LogP contribution in [0, 0.1) is 26.7 Å². The molecule has 0 aliphatic heterocycles. The van der Waals surface area contributed by atoms with Crippen molar-refractivity contribution in [2.45, 2.75) is 47.6 Å². The van der Waals surface area contributed by atoms with Crippen molar-refractivity contribution in [1.29, 1.82) is 0 Å². The quantitative estimate of drug-likeness (QED) is 0.918. The molecule has 0 aromatic carbocycles. The lowest BCUT2D eigenvalue weighted by Gasteiger charge is -2.25. The molecule has 2 aromatic heterocycles. The molecule has 1 atom stereocenters. The summed E-state index contributed by atoms with van der Waals surface area (Å²) in [5.74, 6) is 1.72. The first-order valence-electron chi connectivity index (χ1n) is 7.57. The molecular weight excluding hydrogens is 264 g/mol. The van der Waals surface area contributed by atoms with Crippen LogP contribution in [-0.2, 0) is 4.74 Å².